The standard InChI is InChI=1S/C20H22F4N4S2/c1-3-5-7-9-11-25-27-19(29-11)13-15(21)17(23)14(18(24)16(13)22)20-28-26-12(30-20)10-8-6-4-2/h3-10H2,1-2H3. The minimum atomic E-state index is -1.50. The highest BCUT2D eigenvalue weighted by Crippen LogP contribution is 2.38. The van der Waals surface area contributed by atoms with Crippen LogP contribution in [0.25, 0.3) is 21.1 Å². The van der Waals surface area contributed by atoms with Crippen molar-refractivity contribution in [3.8, 4) is 21.1 Å². The van der Waals surface area contributed by atoms with Crippen molar-refractivity contribution in [1.29, 1.82) is 0 Å². The van der Waals surface area contributed by atoms with Gasteiger partial charge in [-0.1, -0.05) is 62.2 Å². The van der Waals surface area contributed by atoms with Gasteiger partial charge < -0.3 is 0 Å². The minimum Gasteiger partial charge on any atom is -0.203 e. The van der Waals surface area contributed by atoms with Crippen LogP contribution in [0.3, 0.4) is 0 Å². The van der Waals surface area contributed by atoms with Crippen LogP contribution in [0.15, 0.2) is 0 Å². The van der Waals surface area contributed by atoms with Crippen LogP contribution in [-0.4, -0.2) is 20.4 Å². The van der Waals surface area contributed by atoms with Crippen LogP contribution in [0.1, 0.15) is 62.4 Å². The molecule has 1 aromatic carbocycles. The molecule has 0 unspecified atom stereocenters. The number of nitrogens with zero attached hydrogens (tertiary/aromatic N) is 4. The van der Waals surface area contributed by atoms with E-state index < -0.39 is 34.4 Å². The summed E-state index contributed by atoms with van der Waals surface area (Å²) in [6, 6.07) is 0. The summed E-state index contributed by atoms with van der Waals surface area (Å²) in [6.45, 7) is 4.10. The summed E-state index contributed by atoms with van der Waals surface area (Å²) < 4.78 is 59.0. The maximum absolute atomic E-state index is 14.8. The van der Waals surface area contributed by atoms with Gasteiger partial charge in [-0.25, -0.2) is 17.6 Å². The second kappa shape index (κ2) is 10.4. The Balaban J connectivity index is 1.93. The molecule has 4 nitrogen and oxygen atoms in total. The predicted molar refractivity (Wildman–Crippen MR) is 111 cm³/mol. The SMILES string of the molecule is CCCCCc1nnc(-c2c(F)c(F)c(-c3nnc(CCCCC)s3)c(F)c2F)s1. The molecule has 0 amide bonds. The van der Waals surface area contributed by atoms with Gasteiger partial charge in [-0.3, -0.25) is 0 Å². The quantitative estimate of drug-likeness (QED) is 0.192. The van der Waals surface area contributed by atoms with Gasteiger partial charge in [0.15, 0.2) is 33.3 Å². The highest BCUT2D eigenvalue weighted by Gasteiger charge is 2.30. The Morgan fingerprint density at radius 2 is 0.933 bits per heavy atom. The average Bonchev–Trinajstić information content (AvgIpc) is 3.38. The van der Waals surface area contributed by atoms with Crippen molar-refractivity contribution >= 4 is 22.7 Å². The summed E-state index contributed by atoms with van der Waals surface area (Å²) in [4.78, 5) is 0. The molecule has 0 saturated carbocycles. The fraction of sp³-hybridized carbons (Fsp3) is 0.500. The van der Waals surface area contributed by atoms with Crippen molar-refractivity contribution in [2.24, 2.45) is 0 Å². The summed E-state index contributed by atoms with van der Waals surface area (Å²) in [7, 11) is 0. The monoisotopic (exact) mass is 458 g/mol. The fourth-order valence-electron chi connectivity index (χ4n) is 2.97. The average molecular weight is 459 g/mol. The highest BCUT2D eigenvalue weighted by atomic mass is 32.1. The molecular weight excluding hydrogens is 436 g/mol. The third-order valence-electron chi connectivity index (χ3n) is 4.61. The van der Waals surface area contributed by atoms with Crippen LogP contribution >= 0.6 is 22.7 Å². The Morgan fingerprint density at radius 1 is 0.567 bits per heavy atom. The second-order valence-corrected chi connectivity index (χ2v) is 9.05. The van der Waals surface area contributed by atoms with E-state index in [1.54, 1.807) is 0 Å². The van der Waals surface area contributed by atoms with E-state index >= 15 is 0 Å². The number of aryl methyl sites for hydroxylation is 2. The lowest BCUT2D eigenvalue weighted by Crippen LogP contribution is -2.03. The number of hydrogen-bond donors (Lipinski definition) is 0. The predicted octanol–water partition coefficient (Wildman–Crippen LogP) is 6.75. The van der Waals surface area contributed by atoms with Crippen molar-refractivity contribution in [3.63, 3.8) is 0 Å². The van der Waals surface area contributed by atoms with E-state index in [2.05, 4.69) is 34.2 Å². The zero-order valence-electron chi connectivity index (χ0n) is 16.8. The lowest BCUT2D eigenvalue weighted by molar-refractivity contribution is 0.462. The highest BCUT2D eigenvalue weighted by molar-refractivity contribution is 7.15. The Kier molecular flexibility index (Phi) is 7.87. The van der Waals surface area contributed by atoms with Gasteiger partial charge >= 0.3 is 0 Å². The molecule has 0 bridgehead atoms. The van der Waals surface area contributed by atoms with E-state index in [9.17, 15) is 17.6 Å². The molecule has 162 valence electrons. The second-order valence-electron chi connectivity index (χ2n) is 6.92. The van der Waals surface area contributed by atoms with Gasteiger partial charge in [-0.05, 0) is 12.8 Å². The number of unbranched alkanes of at least 4 members (excludes halogenated alkanes) is 4. The molecule has 0 N–H and O–H groups in total. The van der Waals surface area contributed by atoms with E-state index in [1.165, 1.54) is 0 Å². The third-order valence-corrected chi connectivity index (χ3v) is 6.61. The minimum absolute atomic E-state index is 0.182. The van der Waals surface area contributed by atoms with Gasteiger partial charge in [0.2, 0.25) is 0 Å². The molecule has 0 aliphatic carbocycles. The molecule has 0 atom stereocenters. The zero-order chi connectivity index (χ0) is 21.7. The van der Waals surface area contributed by atoms with Crippen LogP contribution < -0.4 is 0 Å². The molecule has 2 heterocycles. The number of hydrogen-bond acceptors (Lipinski definition) is 6. The van der Waals surface area contributed by atoms with Crippen LogP contribution in [0.4, 0.5) is 17.6 Å². The first-order chi connectivity index (χ1) is 14.5. The molecule has 0 radical (unpaired) electrons. The molecule has 3 rings (SSSR count). The number of benzene rings is 1. The molecule has 0 aliphatic heterocycles. The van der Waals surface area contributed by atoms with Gasteiger partial charge in [0, 0.05) is 12.8 Å². The van der Waals surface area contributed by atoms with Crippen molar-refractivity contribution in [1.82, 2.24) is 20.4 Å². The largest absolute Gasteiger partial charge is 0.203 e. The van der Waals surface area contributed by atoms with Crippen LogP contribution in [0, 0.1) is 23.3 Å². The van der Waals surface area contributed by atoms with Crippen molar-refractivity contribution in [2.45, 2.75) is 65.2 Å². The van der Waals surface area contributed by atoms with E-state index in [4.69, 9.17) is 0 Å². The van der Waals surface area contributed by atoms with Gasteiger partial charge in [-0.15, -0.1) is 20.4 Å². The van der Waals surface area contributed by atoms with Gasteiger partial charge in [0.1, 0.15) is 10.0 Å². The van der Waals surface area contributed by atoms with Crippen molar-refractivity contribution in [3.05, 3.63) is 33.3 Å². The third kappa shape index (κ3) is 4.85. The Morgan fingerprint density at radius 3 is 1.27 bits per heavy atom. The van der Waals surface area contributed by atoms with Crippen LogP contribution in [-0.2, 0) is 12.8 Å². The molecule has 0 fully saturated rings. The first-order valence-electron chi connectivity index (χ1n) is 9.99. The Bertz CT molecular complexity index is 895. The molecule has 2 aromatic heterocycles. The van der Waals surface area contributed by atoms with Crippen molar-refractivity contribution in [2.75, 3.05) is 0 Å². The topological polar surface area (TPSA) is 51.6 Å². The van der Waals surface area contributed by atoms with Gasteiger partial charge in [-0.2, -0.15) is 0 Å². The fourth-order valence-corrected chi connectivity index (χ4v) is 4.80. The van der Waals surface area contributed by atoms with E-state index in [0.29, 0.717) is 22.9 Å². The number of halogens is 4. The molecule has 30 heavy (non-hydrogen) atoms. The summed E-state index contributed by atoms with van der Waals surface area (Å²) in [6.07, 6.45) is 6.91. The van der Waals surface area contributed by atoms with Gasteiger partial charge in [0.05, 0.1) is 11.1 Å². The first-order valence-corrected chi connectivity index (χ1v) is 11.6. The number of aromatic nitrogens is 4. The summed E-state index contributed by atoms with van der Waals surface area (Å²) >= 11 is 1.88. The molecule has 0 aliphatic rings. The molecule has 3 aromatic rings. The Labute approximate surface area is 180 Å². The number of rotatable bonds is 10. The molecule has 10 heteroatoms. The van der Waals surface area contributed by atoms with E-state index in [1.807, 2.05) is 0 Å². The summed E-state index contributed by atoms with van der Waals surface area (Å²) in [5, 5.41) is 16.1. The first kappa shape index (κ1) is 22.7. The maximum Gasteiger partial charge on any atom is 0.173 e. The lowest BCUT2D eigenvalue weighted by atomic mass is 10.1. The van der Waals surface area contributed by atoms with Crippen LogP contribution in [0.2, 0.25) is 0 Å². The summed E-state index contributed by atoms with van der Waals surface area (Å²) in [5.41, 5.74) is -1.67. The lowest BCUT2D eigenvalue weighted by Gasteiger charge is -2.08. The molecular formula is C20H22F4N4S2. The normalized spacial score (nSPS) is 11.4. The summed E-state index contributed by atoms with van der Waals surface area (Å²) in [5.74, 6) is -5.99. The van der Waals surface area contributed by atoms with Gasteiger partial charge in [0.25, 0.3) is 0 Å². The Hall–Kier alpha value is -1.94. The zero-order valence-corrected chi connectivity index (χ0v) is 18.4. The maximum atomic E-state index is 14.8. The molecule has 0 saturated heterocycles. The van der Waals surface area contributed by atoms with Crippen molar-refractivity contribution < 1.29 is 17.6 Å². The van der Waals surface area contributed by atoms with E-state index in [0.717, 1.165) is 61.2 Å². The van der Waals surface area contributed by atoms with Crippen LogP contribution in [0.5, 0.6) is 0 Å². The van der Waals surface area contributed by atoms with E-state index in [-0.39, 0.29) is 10.0 Å². The smallest absolute Gasteiger partial charge is 0.173 e. The molecule has 0 spiro atoms.